The number of amides is 1. The highest BCUT2D eigenvalue weighted by molar-refractivity contribution is 7.20. The number of nitrogens with one attached hydrogen (secondary N) is 1. The maximum absolute atomic E-state index is 12.8. The highest BCUT2D eigenvalue weighted by Gasteiger charge is 2.17. The second kappa shape index (κ2) is 8.54. The Kier molecular flexibility index (Phi) is 5.58. The highest BCUT2D eigenvalue weighted by atomic mass is 35.5. The molecule has 0 atom stereocenters. The van der Waals surface area contributed by atoms with Crippen LogP contribution in [0.25, 0.3) is 15.9 Å². The van der Waals surface area contributed by atoms with E-state index in [-0.39, 0.29) is 5.91 Å². The minimum atomic E-state index is -0.115. The first-order chi connectivity index (χ1) is 15.5. The number of nitrogens with zero attached hydrogens (tertiary/aromatic N) is 5. The molecule has 10 heteroatoms. The van der Waals surface area contributed by atoms with Gasteiger partial charge in [0.25, 0.3) is 5.91 Å². The van der Waals surface area contributed by atoms with Gasteiger partial charge >= 0.3 is 0 Å². The van der Waals surface area contributed by atoms with E-state index in [1.54, 1.807) is 6.07 Å². The molecule has 5 aromatic rings. The Morgan fingerprint density at radius 2 is 2.03 bits per heavy atom. The molecule has 0 spiro atoms. The Labute approximate surface area is 197 Å². The van der Waals surface area contributed by atoms with E-state index in [1.165, 1.54) is 11.3 Å². The third-order valence-electron chi connectivity index (χ3n) is 5.18. The Morgan fingerprint density at radius 1 is 1.16 bits per heavy atom. The summed E-state index contributed by atoms with van der Waals surface area (Å²) in [5.41, 5.74) is 2.58. The van der Waals surface area contributed by atoms with Crippen LogP contribution in [-0.4, -0.2) is 36.8 Å². The van der Waals surface area contributed by atoms with Crippen LogP contribution in [0.3, 0.4) is 0 Å². The van der Waals surface area contributed by atoms with Gasteiger partial charge in [0.2, 0.25) is 0 Å². The van der Waals surface area contributed by atoms with Crippen molar-refractivity contribution in [2.45, 2.75) is 19.9 Å². The molecular formula is C22H18Cl2N6OS. The number of carbonyl (C=O) groups excluding carboxylic acids is 1. The van der Waals surface area contributed by atoms with Crippen LogP contribution in [0.5, 0.6) is 0 Å². The number of thiophene rings is 1. The van der Waals surface area contributed by atoms with Crippen LogP contribution in [-0.2, 0) is 13.0 Å². The molecule has 0 saturated heterocycles. The first-order valence-electron chi connectivity index (χ1n) is 9.97. The monoisotopic (exact) mass is 484 g/mol. The standard InChI is InChI=1S/C22H18Cl2N6OS/c1-13-16-11-18(21(31)25-8-7-20-27-26-19-4-2-3-9-29(19)20)32-22(16)30(28-13)12-14-5-6-15(23)10-17(14)24/h2-6,9-11H,7-8,12H2,1H3,(H,25,31). The SMILES string of the molecule is Cc1nn(Cc2ccc(Cl)cc2Cl)c2sc(C(=O)NCCc3nnc4ccccn34)cc12. The normalized spacial score (nSPS) is 11.5. The fraction of sp³-hybridized carbons (Fsp3) is 0.182. The summed E-state index contributed by atoms with van der Waals surface area (Å²) in [6, 6.07) is 13.1. The van der Waals surface area contributed by atoms with Gasteiger partial charge in [-0.25, -0.2) is 0 Å². The van der Waals surface area contributed by atoms with Gasteiger partial charge in [0.05, 0.1) is 17.1 Å². The van der Waals surface area contributed by atoms with Crippen molar-refractivity contribution in [3.05, 3.63) is 80.7 Å². The molecule has 4 heterocycles. The van der Waals surface area contributed by atoms with Crippen LogP contribution in [0.1, 0.15) is 26.8 Å². The van der Waals surface area contributed by atoms with Gasteiger partial charge in [-0.2, -0.15) is 5.10 Å². The van der Waals surface area contributed by atoms with Gasteiger partial charge < -0.3 is 5.32 Å². The number of hydrogen-bond acceptors (Lipinski definition) is 5. The van der Waals surface area contributed by atoms with Crippen molar-refractivity contribution in [3.8, 4) is 0 Å². The smallest absolute Gasteiger partial charge is 0.261 e. The van der Waals surface area contributed by atoms with Crippen molar-refractivity contribution in [1.82, 2.24) is 29.7 Å². The molecule has 0 aliphatic carbocycles. The van der Waals surface area contributed by atoms with Crippen molar-refractivity contribution < 1.29 is 4.79 Å². The lowest BCUT2D eigenvalue weighted by atomic mass is 10.2. The zero-order valence-electron chi connectivity index (χ0n) is 17.0. The van der Waals surface area contributed by atoms with Gasteiger partial charge in [0.1, 0.15) is 10.7 Å². The minimum Gasteiger partial charge on any atom is -0.351 e. The Morgan fingerprint density at radius 3 is 2.88 bits per heavy atom. The summed E-state index contributed by atoms with van der Waals surface area (Å²) < 4.78 is 3.80. The Balaban J connectivity index is 1.31. The predicted molar refractivity (Wildman–Crippen MR) is 127 cm³/mol. The highest BCUT2D eigenvalue weighted by Crippen LogP contribution is 2.30. The maximum Gasteiger partial charge on any atom is 0.261 e. The molecule has 162 valence electrons. The van der Waals surface area contributed by atoms with Crippen molar-refractivity contribution in [2.75, 3.05) is 6.54 Å². The van der Waals surface area contributed by atoms with Crippen molar-refractivity contribution in [1.29, 1.82) is 0 Å². The number of hydrogen-bond donors (Lipinski definition) is 1. The van der Waals surface area contributed by atoms with E-state index in [9.17, 15) is 4.79 Å². The fourth-order valence-corrected chi connectivity index (χ4v) is 5.12. The minimum absolute atomic E-state index is 0.115. The summed E-state index contributed by atoms with van der Waals surface area (Å²) in [4.78, 5) is 14.3. The molecule has 1 N–H and O–H groups in total. The van der Waals surface area contributed by atoms with Crippen LogP contribution < -0.4 is 5.32 Å². The molecule has 0 fully saturated rings. The summed E-state index contributed by atoms with van der Waals surface area (Å²) in [6.45, 7) is 2.91. The van der Waals surface area contributed by atoms with Gasteiger partial charge in [0, 0.05) is 34.6 Å². The number of pyridine rings is 1. The zero-order valence-corrected chi connectivity index (χ0v) is 19.4. The molecule has 0 aliphatic heterocycles. The molecule has 7 nitrogen and oxygen atoms in total. The number of rotatable bonds is 6. The third-order valence-corrected chi connectivity index (χ3v) is 6.92. The summed E-state index contributed by atoms with van der Waals surface area (Å²) in [5.74, 6) is 0.694. The first-order valence-corrected chi connectivity index (χ1v) is 11.5. The van der Waals surface area contributed by atoms with Gasteiger partial charge in [0.15, 0.2) is 5.65 Å². The van der Waals surface area contributed by atoms with E-state index < -0.39 is 0 Å². The van der Waals surface area contributed by atoms with E-state index in [4.69, 9.17) is 23.2 Å². The second-order valence-electron chi connectivity index (χ2n) is 7.36. The largest absolute Gasteiger partial charge is 0.351 e. The van der Waals surface area contributed by atoms with Gasteiger partial charge in [-0.3, -0.25) is 13.9 Å². The number of fused-ring (bicyclic) bond motifs is 2. The molecular weight excluding hydrogens is 467 g/mol. The molecule has 0 aliphatic rings. The van der Waals surface area contributed by atoms with Gasteiger partial charge in [-0.05, 0) is 42.8 Å². The number of carbonyl (C=O) groups is 1. The van der Waals surface area contributed by atoms with E-state index in [0.29, 0.717) is 34.4 Å². The fourth-order valence-electron chi connectivity index (χ4n) is 3.58. The van der Waals surface area contributed by atoms with E-state index in [1.807, 2.05) is 58.6 Å². The summed E-state index contributed by atoms with van der Waals surface area (Å²) in [5, 5.41) is 18.1. The molecule has 1 amide bonds. The average molecular weight is 485 g/mol. The summed E-state index contributed by atoms with van der Waals surface area (Å²) >= 11 is 13.8. The predicted octanol–water partition coefficient (Wildman–Crippen LogP) is 4.78. The van der Waals surface area contributed by atoms with Crippen molar-refractivity contribution in [3.63, 3.8) is 0 Å². The molecule has 4 aromatic heterocycles. The second-order valence-corrected chi connectivity index (χ2v) is 9.23. The third kappa shape index (κ3) is 3.97. The lowest BCUT2D eigenvalue weighted by molar-refractivity contribution is 0.0958. The lowest BCUT2D eigenvalue weighted by Crippen LogP contribution is -2.25. The quantitative estimate of drug-likeness (QED) is 0.376. The van der Waals surface area contributed by atoms with Crippen LogP contribution in [0.4, 0.5) is 0 Å². The Hall–Kier alpha value is -2.94. The van der Waals surface area contributed by atoms with Crippen LogP contribution >= 0.6 is 34.5 Å². The summed E-state index contributed by atoms with van der Waals surface area (Å²) in [6.07, 6.45) is 2.50. The average Bonchev–Trinajstić information content (AvgIpc) is 3.46. The van der Waals surface area contributed by atoms with Crippen LogP contribution in [0.15, 0.2) is 48.7 Å². The zero-order chi connectivity index (χ0) is 22.2. The van der Waals surface area contributed by atoms with E-state index in [2.05, 4.69) is 20.6 Å². The Bertz CT molecular complexity index is 1450. The van der Waals surface area contributed by atoms with Crippen molar-refractivity contribution in [2.24, 2.45) is 0 Å². The van der Waals surface area contributed by atoms with Gasteiger partial charge in [-0.1, -0.05) is 35.3 Å². The maximum atomic E-state index is 12.8. The molecule has 32 heavy (non-hydrogen) atoms. The summed E-state index contributed by atoms with van der Waals surface area (Å²) in [7, 11) is 0. The van der Waals surface area contributed by atoms with Crippen molar-refractivity contribution >= 4 is 56.3 Å². The molecule has 1 aromatic carbocycles. The van der Waals surface area contributed by atoms with Crippen LogP contribution in [0.2, 0.25) is 10.0 Å². The van der Waals surface area contributed by atoms with Gasteiger partial charge in [-0.15, -0.1) is 21.5 Å². The molecule has 0 unspecified atom stereocenters. The number of benzene rings is 1. The molecule has 5 rings (SSSR count). The molecule has 0 bridgehead atoms. The number of halogens is 2. The number of aryl methyl sites for hydroxylation is 1. The molecule has 0 radical (unpaired) electrons. The van der Waals surface area contributed by atoms with Crippen LogP contribution in [0, 0.1) is 6.92 Å². The van der Waals surface area contributed by atoms with E-state index in [0.717, 1.165) is 32.9 Å². The topological polar surface area (TPSA) is 77.1 Å². The van der Waals surface area contributed by atoms with E-state index >= 15 is 0 Å². The lowest BCUT2D eigenvalue weighted by Gasteiger charge is -2.06. The molecule has 0 saturated carbocycles. The number of aromatic nitrogens is 5. The first kappa shape index (κ1) is 20.9.